The van der Waals surface area contributed by atoms with E-state index in [1.807, 2.05) is 42.5 Å². The summed E-state index contributed by atoms with van der Waals surface area (Å²) in [6.45, 7) is 6.03. The molecular formula is C25H28ClN5O. The zero-order valence-electron chi connectivity index (χ0n) is 18.5. The van der Waals surface area contributed by atoms with Gasteiger partial charge in [-0.2, -0.15) is 0 Å². The van der Waals surface area contributed by atoms with E-state index in [1.165, 1.54) is 0 Å². The van der Waals surface area contributed by atoms with Gasteiger partial charge in [0.1, 0.15) is 5.69 Å². The molecule has 2 heterocycles. The Morgan fingerprint density at radius 1 is 1.00 bits per heavy atom. The molecule has 0 bridgehead atoms. The van der Waals surface area contributed by atoms with Gasteiger partial charge in [0.25, 0.3) is 0 Å². The van der Waals surface area contributed by atoms with Gasteiger partial charge in [-0.3, -0.25) is 0 Å². The number of nitrogens with one attached hydrogen (secondary N) is 2. The molecule has 4 rings (SSSR count). The van der Waals surface area contributed by atoms with Crippen LogP contribution < -0.4 is 15.5 Å². The molecule has 2 N–H and O–H groups in total. The molecule has 1 aliphatic rings. The highest BCUT2D eigenvalue weighted by Gasteiger charge is 2.20. The van der Waals surface area contributed by atoms with E-state index >= 15 is 0 Å². The number of aromatic nitrogens is 2. The molecule has 1 fully saturated rings. The van der Waals surface area contributed by atoms with Crippen LogP contribution in [0, 0.1) is 0 Å². The van der Waals surface area contributed by atoms with Crippen molar-refractivity contribution in [3.8, 4) is 11.3 Å². The highest BCUT2D eigenvalue weighted by atomic mass is 35.5. The number of carbonyl (C=O) groups is 1. The molecule has 0 unspecified atom stereocenters. The van der Waals surface area contributed by atoms with Crippen LogP contribution >= 0.6 is 11.6 Å². The summed E-state index contributed by atoms with van der Waals surface area (Å²) in [6.07, 6.45) is 5.60. The first-order valence-corrected chi connectivity index (χ1v) is 11.5. The summed E-state index contributed by atoms with van der Waals surface area (Å²) < 4.78 is 0. The number of nitrogens with zero attached hydrogens (tertiary/aromatic N) is 3. The van der Waals surface area contributed by atoms with E-state index in [1.54, 1.807) is 6.20 Å². The van der Waals surface area contributed by atoms with Crippen molar-refractivity contribution in [1.29, 1.82) is 0 Å². The summed E-state index contributed by atoms with van der Waals surface area (Å²) in [6, 6.07) is 13.3. The predicted octanol–water partition coefficient (Wildman–Crippen LogP) is 6.17. The van der Waals surface area contributed by atoms with Crippen LogP contribution in [0.5, 0.6) is 0 Å². The van der Waals surface area contributed by atoms with E-state index in [2.05, 4.69) is 34.4 Å². The molecule has 6 nitrogen and oxygen atoms in total. The van der Waals surface area contributed by atoms with Gasteiger partial charge in [0.2, 0.25) is 5.95 Å². The fourth-order valence-electron chi connectivity index (χ4n) is 4.06. The van der Waals surface area contributed by atoms with Gasteiger partial charge in [-0.25, -0.2) is 14.8 Å². The number of aryl methyl sites for hydroxylation is 2. The molecule has 2 aromatic carbocycles. The lowest BCUT2D eigenvalue weighted by molar-refractivity contribution is 0.262. The molecule has 1 aromatic heterocycles. The fourth-order valence-corrected chi connectivity index (χ4v) is 4.29. The van der Waals surface area contributed by atoms with Crippen LogP contribution in [0.2, 0.25) is 5.02 Å². The van der Waals surface area contributed by atoms with Crippen LogP contribution in [-0.2, 0) is 12.8 Å². The predicted molar refractivity (Wildman–Crippen MR) is 132 cm³/mol. The van der Waals surface area contributed by atoms with E-state index in [-0.39, 0.29) is 6.03 Å². The molecule has 7 heteroatoms. The molecule has 2 amide bonds. The van der Waals surface area contributed by atoms with Crippen LogP contribution in [0.25, 0.3) is 11.3 Å². The molecule has 0 aliphatic carbocycles. The minimum Gasteiger partial charge on any atom is -0.341 e. The van der Waals surface area contributed by atoms with Crippen LogP contribution in [0.4, 0.5) is 22.1 Å². The largest absolute Gasteiger partial charge is 0.341 e. The van der Waals surface area contributed by atoms with Crippen molar-refractivity contribution < 1.29 is 4.79 Å². The number of amides is 2. The maximum absolute atomic E-state index is 13.0. The van der Waals surface area contributed by atoms with Crippen LogP contribution in [0.3, 0.4) is 0 Å². The molecule has 1 saturated heterocycles. The average molecular weight is 450 g/mol. The van der Waals surface area contributed by atoms with Crippen molar-refractivity contribution in [2.75, 3.05) is 28.6 Å². The smallest absolute Gasteiger partial charge is 0.323 e. The number of rotatable bonds is 6. The second-order valence-electron chi connectivity index (χ2n) is 7.84. The Kier molecular flexibility index (Phi) is 6.90. The van der Waals surface area contributed by atoms with Gasteiger partial charge in [-0.1, -0.05) is 61.8 Å². The normalized spacial score (nSPS) is 13.3. The quantitative estimate of drug-likeness (QED) is 0.472. The molecule has 3 aromatic rings. The lowest BCUT2D eigenvalue weighted by atomic mass is 10.0. The van der Waals surface area contributed by atoms with Crippen LogP contribution in [0.15, 0.2) is 48.7 Å². The van der Waals surface area contributed by atoms with Crippen molar-refractivity contribution in [3.63, 3.8) is 0 Å². The number of halogens is 1. The van der Waals surface area contributed by atoms with E-state index in [4.69, 9.17) is 16.6 Å². The minimum atomic E-state index is -0.327. The number of urea groups is 1. The maximum atomic E-state index is 13.0. The summed E-state index contributed by atoms with van der Waals surface area (Å²) in [4.78, 5) is 24.5. The van der Waals surface area contributed by atoms with E-state index in [0.717, 1.165) is 61.2 Å². The standard InChI is InChI=1S/C25H28ClN5O/c1-3-17-10-9-11-18(4-2)22(17)30-25(32)28-21-16-27-24(31-14-7-8-15-31)29-23(21)19-12-5-6-13-20(19)26/h5-6,9-13,16H,3-4,7-8,14-15H2,1-2H3,(H2,28,30,32). The maximum Gasteiger partial charge on any atom is 0.323 e. The Morgan fingerprint density at radius 3 is 2.34 bits per heavy atom. The Labute approximate surface area is 194 Å². The third-order valence-corrected chi connectivity index (χ3v) is 6.11. The summed E-state index contributed by atoms with van der Waals surface area (Å²) >= 11 is 6.49. The second-order valence-corrected chi connectivity index (χ2v) is 8.25. The van der Waals surface area contributed by atoms with Gasteiger partial charge in [-0.15, -0.1) is 0 Å². The van der Waals surface area contributed by atoms with Gasteiger partial charge >= 0.3 is 6.03 Å². The van der Waals surface area contributed by atoms with Gasteiger partial charge < -0.3 is 15.5 Å². The zero-order chi connectivity index (χ0) is 22.5. The second kappa shape index (κ2) is 10.0. The number of hydrogen-bond donors (Lipinski definition) is 2. The third-order valence-electron chi connectivity index (χ3n) is 5.78. The number of carbonyl (C=O) groups excluding carboxylic acids is 1. The Morgan fingerprint density at radius 2 is 1.69 bits per heavy atom. The summed E-state index contributed by atoms with van der Waals surface area (Å²) in [5, 5.41) is 6.57. The topological polar surface area (TPSA) is 70.2 Å². The first-order chi connectivity index (χ1) is 15.6. The van der Waals surface area contributed by atoms with Crippen molar-refractivity contribution in [3.05, 3.63) is 64.8 Å². The monoisotopic (exact) mass is 449 g/mol. The highest BCUT2D eigenvalue weighted by molar-refractivity contribution is 6.33. The highest BCUT2D eigenvalue weighted by Crippen LogP contribution is 2.33. The average Bonchev–Trinajstić information content (AvgIpc) is 3.35. The van der Waals surface area contributed by atoms with Gasteiger partial charge in [0.15, 0.2) is 0 Å². The Bertz CT molecular complexity index is 1090. The van der Waals surface area contributed by atoms with E-state index < -0.39 is 0 Å². The summed E-state index contributed by atoms with van der Waals surface area (Å²) in [5.74, 6) is 0.660. The van der Waals surface area contributed by atoms with Crippen molar-refractivity contribution in [2.45, 2.75) is 39.5 Å². The van der Waals surface area contributed by atoms with Gasteiger partial charge in [0, 0.05) is 24.3 Å². The molecule has 1 aliphatic heterocycles. The molecule has 0 saturated carbocycles. The molecule has 0 atom stereocenters. The zero-order valence-corrected chi connectivity index (χ0v) is 19.2. The fraction of sp³-hybridized carbons (Fsp3) is 0.320. The molecule has 32 heavy (non-hydrogen) atoms. The number of hydrogen-bond acceptors (Lipinski definition) is 4. The molecule has 0 spiro atoms. The lowest BCUT2D eigenvalue weighted by Crippen LogP contribution is -2.24. The first kappa shape index (κ1) is 22.1. The Hall–Kier alpha value is -3.12. The minimum absolute atomic E-state index is 0.327. The van der Waals surface area contributed by atoms with E-state index in [0.29, 0.717) is 22.4 Å². The summed E-state index contributed by atoms with van der Waals surface area (Å²) in [5.41, 5.74) is 4.96. The van der Waals surface area contributed by atoms with Crippen molar-refractivity contribution in [2.24, 2.45) is 0 Å². The van der Waals surface area contributed by atoms with Gasteiger partial charge in [-0.05, 0) is 42.9 Å². The van der Waals surface area contributed by atoms with Gasteiger partial charge in [0.05, 0.1) is 16.9 Å². The van der Waals surface area contributed by atoms with E-state index in [9.17, 15) is 4.79 Å². The van der Waals surface area contributed by atoms with Crippen LogP contribution in [-0.4, -0.2) is 29.1 Å². The third kappa shape index (κ3) is 4.70. The van der Waals surface area contributed by atoms with Crippen LogP contribution in [0.1, 0.15) is 37.8 Å². The SMILES string of the molecule is CCc1cccc(CC)c1NC(=O)Nc1cnc(N2CCCC2)nc1-c1ccccc1Cl. The van der Waals surface area contributed by atoms with Crippen molar-refractivity contribution in [1.82, 2.24) is 9.97 Å². The molecule has 166 valence electrons. The Balaban J connectivity index is 1.66. The number of benzene rings is 2. The molecule has 0 radical (unpaired) electrons. The summed E-state index contributed by atoms with van der Waals surface area (Å²) in [7, 11) is 0. The lowest BCUT2D eigenvalue weighted by Gasteiger charge is -2.19. The molecular weight excluding hydrogens is 422 g/mol. The first-order valence-electron chi connectivity index (χ1n) is 11.2. The number of para-hydroxylation sites is 1. The number of anilines is 3. The van der Waals surface area contributed by atoms with Crippen molar-refractivity contribution >= 4 is 35.0 Å².